The van der Waals surface area contributed by atoms with Gasteiger partial charge in [0.1, 0.15) is 9.84 Å². The zero-order valence-electron chi connectivity index (χ0n) is 12.8. The molecule has 4 nitrogen and oxygen atoms in total. The summed E-state index contributed by atoms with van der Waals surface area (Å²) in [6, 6.07) is 0. The topological polar surface area (TPSA) is 72.2 Å². The summed E-state index contributed by atoms with van der Waals surface area (Å²) in [6.45, 7) is 10.4. The van der Waals surface area contributed by atoms with Gasteiger partial charge in [-0.15, -0.1) is 0 Å². The average molecular weight is 290 g/mol. The molecule has 5 heteroatoms. The first-order valence-electron chi connectivity index (χ1n) is 7.37. The fourth-order valence-corrected chi connectivity index (χ4v) is 4.57. The lowest BCUT2D eigenvalue weighted by Gasteiger charge is -2.39. The Morgan fingerprint density at radius 1 is 1.11 bits per heavy atom. The van der Waals surface area contributed by atoms with Crippen LogP contribution < -0.4 is 11.1 Å². The zero-order chi connectivity index (χ0) is 14.7. The van der Waals surface area contributed by atoms with Crippen LogP contribution in [-0.2, 0) is 9.84 Å². The largest absolute Gasteiger partial charge is 0.329 e. The van der Waals surface area contributed by atoms with Crippen molar-refractivity contribution in [2.24, 2.45) is 23.5 Å². The van der Waals surface area contributed by atoms with E-state index in [4.69, 9.17) is 5.73 Å². The molecule has 0 unspecified atom stereocenters. The third-order valence-corrected chi connectivity index (χ3v) is 6.25. The van der Waals surface area contributed by atoms with Crippen LogP contribution in [0, 0.1) is 17.8 Å². The Morgan fingerprint density at radius 2 is 1.58 bits per heavy atom. The number of hydrogen-bond donors (Lipinski definition) is 2. The van der Waals surface area contributed by atoms with E-state index in [1.54, 1.807) is 0 Å². The van der Waals surface area contributed by atoms with Gasteiger partial charge >= 0.3 is 0 Å². The monoisotopic (exact) mass is 290 g/mol. The van der Waals surface area contributed by atoms with E-state index in [9.17, 15) is 8.42 Å². The molecule has 0 aromatic rings. The zero-order valence-corrected chi connectivity index (χ0v) is 13.6. The molecule has 0 aromatic heterocycles. The van der Waals surface area contributed by atoms with Crippen LogP contribution >= 0.6 is 0 Å². The van der Waals surface area contributed by atoms with Gasteiger partial charge in [-0.1, -0.05) is 27.7 Å². The standard InChI is InChI=1S/C14H30N2O2S/c1-11(2)13(12(3)4)9-16-14(10-15)5-7-19(17,18)8-6-14/h11-13,16H,5-10,15H2,1-4H3. The van der Waals surface area contributed by atoms with Crippen molar-refractivity contribution in [3.05, 3.63) is 0 Å². The van der Waals surface area contributed by atoms with Gasteiger partial charge in [0.05, 0.1) is 11.5 Å². The van der Waals surface area contributed by atoms with Gasteiger partial charge in [-0.05, 0) is 37.1 Å². The van der Waals surface area contributed by atoms with Gasteiger partial charge < -0.3 is 11.1 Å². The van der Waals surface area contributed by atoms with Crippen molar-refractivity contribution in [2.75, 3.05) is 24.6 Å². The summed E-state index contributed by atoms with van der Waals surface area (Å²) >= 11 is 0. The lowest BCUT2D eigenvalue weighted by molar-refractivity contribution is 0.220. The molecule has 114 valence electrons. The normalized spacial score (nSPS) is 22.3. The molecule has 0 saturated carbocycles. The van der Waals surface area contributed by atoms with Crippen LogP contribution in [0.1, 0.15) is 40.5 Å². The van der Waals surface area contributed by atoms with Crippen LogP contribution in [0.5, 0.6) is 0 Å². The van der Waals surface area contributed by atoms with Gasteiger partial charge in [0, 0.05) is 12.1 Å². The van der Waals surface area contributed by atoms with E-state index in [-0.39, 0.29) is 17.0 Å². The molecule has 1 heterocycles. The molecule has 0 amide bonds. The van der Waals surface area contributed by atoms with Gasteiger partial charge in [0.25, 0.3) is 0 Å². The molecular weight excluding hydrogens is 260 g/mol. The fourth-order valence-electron chi connectivity index (χ4n) is 2.96. The maximum absolute atomic E-state index is 11.5. The Hall–Kier alpha value is -0.130. The molecule has 0 aliphatic carbocycles. The summed E-state index contributed by atoms with van der Waals surface area (Å²) in [6.07, 6.45) is 1.30. The van der Waals surface area contributed by atoms with E-state index in [2.05, 4.69) is 33.0 Å². The van der Waals surface area contributed by atoms with Crippen molar-refractivity contribution in [2.45, 2.75) is 46.1 Å². The highest BCUT2D eigenvalue weighted by Gasteiger charge is 2.36. The van der Waals surface area contributed by atoms with Crippen LogP contribution in [0.15, 0.2) is 0 Å². The lowest BCUT2D eigenvalue weighted by atomic mass is 9.84. The van der Waals surface area contributed by atoms with Crippen LogP contribution in [0.2, 0.25) is 0 Å². The van der Waals surface area contributed by atoms with Crippen molar-refractivity contribution in [1.29, 1.82) is 0 Å². The van der Waals surface area contributed by atoms with E-state index >= 15 is 0 Å². The molecule has 0 atom stereocenters. The van der Waals surface area contributed by atoms with Crippen LogP contribution in [-0.4, -0.2) is 38.6 Å². The summed E-state index contributed by atoms with van der Waals surface area (Å²) < 4.78 is 23.1. The van der Waals surface area contributed by atoms with Gasteiger partial charge in [0.15, 0.2) is 0 Å². The molecule has 3 N–H and O–H groups in total. The molecule has 1 aliphatic heterocycles. The third-order valence-electron chi connectivity index (χ3n) is 4.60. The average Bonchev–Trinajstić information content (AvgIpc) is 2.31. The minimum Gasteiger partial charge on any atom is -0.329 e. The maximum atomic E-state index is 11.5. The quantitative estimate of drug-likeness (QED) is 0.776. The van der Waals surface area contributed by atoms with Crippen molar-refractivity contribution in [3.63, 3.8) is 0 Å². The number of nitrogens with one attached hydrogen (secondary N) is 1. The molecular formula is C14H30N2O2S. The predicted octanol–water partition coefficient (Wildman–Crippen LogP) is 1.41. The summed E-state index contributed by atoms with van der Waals surface area (Å²) in [5.74, 6) is 2.38. The highest BCUT2D eigenvalue weighted by atomic mass is 32.2. The molecule has 1 aliphatic rings. The first-order valence-corrected chi connectivity index (χ1v) is 9.19. The first kappa shape index (κ1) is 16.9. The van der Waals surface area contributed by atoms with E-state index in [1.165, 1.54) is 0 Å². The van der Waals surface area contributed by atoms with Gasteiger partial charge in [-0.3, -0.25) is 0 Å². The van der Waals surface area contributed by atoms with E-state index < -0.39 is 9.84 Å². The summed E-state index contributed by atoms with van der Waals surface area (Å²) in [5, 5.41) is 3.60. The van der Waals surface area contributed by atoms with Crippen molar-refractivity contribution >= 4 is 9.84 Å². The summed E-state index contributed by atoms with van der Waals surface area (Å²) in [5.41, 5.74) is 5.73. The number of rotatable bonds is 6. The molecule has 19 heavy (non-hydrogen) atoms. The van der Waals surface area contributed by atoms with Gasteiger partial charge in [-0.25, -0.2) is 8.42 Å². The van der Waals surface area contributed by atoms with Gasteiger partial charge in [-0.2, -0.15) is 0 Å². The molecule has 0 radical (unpaired) electrons. The highest BCUT2D eigenvalue weighted by molar-refractivity contribution is 7.91. The highest BCUT2D eigenvalue weighted by Crippen LogP contribution is 2.25. The minimum absolute atomic E-state index is 0.173. The van der Waals surface area contributed by atoms with Crippen LogP contribution in [0.3, 0.4) is 0 Å². The summed E-state index contributed by atoms with van der Waals surface area (Å²) in [7, 11) is -2.83. The van der Waals surface area contributed by atoms with Crippen LogP contribution in [0.4, 0.5) is 0 Å². The smallest absolute Gasteiger partial charge is 0.150 e. The molecule has 1 fully saturated rings. The molecule has 1 rings (SSSR count). The SMILES string of the molecule is CC(C)C(CNC1(CN)CCS(=O)(=O)CC1)C(C)C. The molecule has 0 bridgehead atoms. The number of sulfone groups is 1. The Kier molecular flexibility index (Phi) is 5.83. The van der Waals surface area contributed by atoms with Crippen molar-refractivity contribution in [3.8, 4) is 0 Å². The van der Waals surface area contributed by atoms with Crippen molar-refractivity contribution in [1.82, 2.24) is 5.32 Å². The molecule has 1 saturated heterocycles. The minimum atomic E-state index is -2.83. The predicted molar refractivity (Wildman–Crippen MR) is 80.8 cm³/mol. The Morgan fingerprint density at radius 3 is 1.95 bits per heavy atom. The Labute approximate surface area is 118 Å². The lowest BCUT2D eigenvalue weighted by Crippen LogP contribution is -2.57. The maximum Gasteiger partial charge on any atom is 0.150 e. The molecule has 0 spiro atoms. The van der Waals surface area contributed by atoms with Gasteiger partial charge in [0.2, 0.25) is 0 Å². The fraction of sp³-hybridized carbons (Fsp3) is 1.00. The third kappa shape index (κ3) is 4.72. The second-order valence-corrected chi connectivity index (χ2v) is 8.97. The Bertz CT molecular complexity index is 355. The first-order chi connectivity index (χ1) is 8.71. The summed E-state index contributed by atoms with van der Waals surface area (Å²) in [4.78, 5) is 0. The number of hydrogen-bond acceptors (Lipinski definition) is 4. The second kappa shape index (κ2) is 6.55. The molecule has 0 aromatic carbocycles. The van der Waals surface area contributed by atoms with E-state index in [0.717, 1.165) is 6.54 Å². The Balaban J connectivity index is 2.62. The van der Waals surface area contributed by atoms with E-state index in [0.29, 0.717) is 37.1 Å². The van der Waals surface area contributed by atoms with Crippen molar-refractivity contribution < 1.29 is 8.42 Å². The number of nitrogens with two attached hydrogens (primary N) is 1. The van der Waals surface area contributed by atoms with E-state index in [1.807, 2.05) is 0 Å². The second-order valence-electron chi connectivity index (χ2n) is 6.67. The van der Waals surface area contributed by atoms with Crippen LogP contribution in [0.25, 0.3) is 0 Å².